The van der Waals surface area contributed by atoms with Crippen LogP contribution in [0.25, 0.3) is 0 Å². The van der Waals surface area contributed by atoms with Crippen molar-refractivity contribution in [2.75, 3.05) is 0 Å². The Balaban J connectivity index is 2.12. The van der Waals surface area contributed by atoms with Gasteiger partial charge in [-0.1, -0.05) is 41.4 Å². The highest BCUT2D eigenvalue weighted by molar-refractivity contribution is 7.92. The van der Waals surface area contributed by atoms with E-state index in [9.17, 15) is 23.6 Å². The molecule has 3 atom stereocenters. The number of hydrogen-bond donors (Lipinski definition) is 1. The van der Waals surface area contributed by atoms with Gasteiger partial charge in [-0.25, -0.2) is 8.42 Å². The van der Waals surface area contributed by atoms with Gasteiger partial charge in [-0.15, -0.1) is 0 Å². The predicted octanol–water partition coefficient (Wildman–Crippen LogP) is 3.18. The first-order valence-electron chi connectivity index (χ1n) is 7.46. The van der Waals surface area contributed by atoms with Gasteiger partial charge in [0, 0.05) is 10.9 Å². The standard InChI is InChI=1S/C18H14ClNO4S/c1-11-2-8-14(9-3-11)25(23,24)16-15(18(16,10-20)17(21)22)12-4-6-13(19)7-5-12/h2-9,15-16H,1H3,(H,21,22). The number of benzene rings is 2. The highest BCUT2D eigenvalue weighted by Gasteiger charge is 2.77. The summed E-state index contributed by atoms with van der Waals surface area (Å²) < 4.78 is 26.0. The van der Waals surface area contributed by atoms with Gasteiger partial charge in [-0.2, -0.15) is 5.26 Å². The van der Waals surface area contributed by atoms with E-state index in [1.54, 1.807) is 42.5 Å². The lowest BCUT2D eigenvalue weighted by molar-refractivity contribution is -0.141. The number of aliphatic carboxylic acids is 1. The Bertz CT molecular complexity index is 977. The maximum Gasteiger partial charge on any atom is 0.326 e. The Morgan fingerprint density at radius 2 is 1.72 bits per heavy atom. The van der Waals surface area contributed by atoms with Gasteiger partial charge in [0.15, 0.2) is 15.3 Å². The molecule has 1 aliphatic rings. The van der Waals surface area contributed by atoms with Gasteiger partial charge in [0.05, 0.1) is 11.0 Å². The molecule has 0 radical (unpaired) electrons. The van der Waals surface area contributed by atoms with Crippen LogP contribution in [-0.4, -0.2) is 24.7 Å². The number of sulfone groups is 1. The van der Waals surface area contributed by atoms with Crippen LogP contribution < -0.4 is 0 Å². The van der Waals surface area contributed by atoms with E-state index in [0.29, 0.717) is 10.6 Å². The van der Waals surface area contributed by atoms with Gasteiger partial charge >= 0.3 is 5.97 Å². The maximum absolute atomic E-state index is 13.0. The third kappa shape index (κ3) is 2.60. The van der Waals surface area contributed by atoms with Crippen molar-refractivity contribution in [1.82, 2.24) is 0 Å². The zero-order valence-electron chi connectivity index (χ0n) is 13.2. The number of nitriles is 1. The fourth-order valence-electron chi connectivity index (χ4n) is 3.20. The third-order valence-electron chi connectivity index (χ3n) is 4.58. The van der Waals surface area contributed by atoms with Crippen LogP contribution in [0.15, 0.2) is 53.4 Å². The van der Waals surface area contributed by atoms with Crippen molar-refractivity contribution in [2.24, 2.45) is 5.41 Å². The summed E-state index contributed by atoms with van der Waals surface area (Å²) in [7, 11) is -3.99. The molecule has 0 heterocycles. The van der Waals surface area contributed by atoms with Crippen molar-refractivity contribution >= 4 is 27.4 Å². The number of hydrogen-bond acceptors (Lipinski definition) is 4. The van der Waals surface area contributed by atoms with Crippen LogP contribution in [0, 0.1) is 23.7 Å². The summed E-state index contributed by atoms with van der Waals surface area (Å²) in [6, 6.07) is 14.1. The normalized spacial score (nSPS) is 25.2. The minimum Gasteiger partial charge on any atom is -0.480 e. The van der Waals surface area contributed by atoms with E-state index in [0.717, 1.165) is 5.56 Å². The number of nitrogens with zero attached hydrogens (tertiary/aromatic N) is 1. The largest absolute Gasteiger partial charge is 0.480 e. The Morgan fingerprint density at radius 1 is 1.16 bits per heavy atom. The van der Waals surface area contributed by atoms with Gasteiger partial charge in [-0.05, 0) is 36.8 Å². The van der Waals surface area contributed by atoms with Crippen LogP contribution in [0.3, 0.4) is 0 Å². The molecule has 128 valence electrons. The second-order valence-electron chi connectivity index (χ2n) is 6.09. The summed E-state index contributed by atoms with van der Waals surface area (Å²) in [6.07, 6.45) is 0. The average molecular weight is 376 g/mol. The molecule has 2 aromatic rings. The third-order valence-corrected chi connectivity index (χ3v) is 7.08. The number of halogens is 1. The van der Waals surface area contributed by atoms with Gasteiger partial charge in [0.2, 0.25) is 0 Å². The summed E-state index contributed by atoms with van der Waals surface area (Å²) in [6.45, 7) is 1.82. The predicted molar refractivity (Wildman–Crippen MR) is 92.0 cm³/mol. The van der Waals surface area contributed by atoms with Crippen LogP contribution in [-0.2, 0) is 14.6 Å². The molecule has 0 aromatic heterocycles. The summed E-state index contributed by atoms with van der Waals surface area (Å²) >= 11 is 5.84. The number of aryl methyl sites for hydroxylation is 1. The number of rotatable bonds is 4. The Hall–Kier alpha value is -2.36. The lowest BCUT2D eigenvalue weighted by Gasteiger charge is -2.05. The van der Waals surface area contributed by atoms with Crippen molar-refractivity contribution < 1.29 is 18.3 Å². The molecule has 3 unspecified atom stereocenters. The first-order chi connectivity index (χ1) is 11.7. The van der Waals surface area contributed by atoms with Gasteiger partial charge in [0.1, 0.15) is 5.25 Å². The van der Waals surface area contributed by atoms with Crippen molar-refractivity contribution in [3.63, 3.8) is 0 Å². The Kier molecular flexibility index (Phi) is 4.10. The summed E-state index contributed by atoms with van der Waals surface area (Å²) in [5, 5.41) is 18.2. The van der Waals surface area contributed by atoms with E-state index in [-0.39, 0.29) is 4.90 Å². The first-order valence-corrected chi connectivity index (χ1v) is 9.38. The Labute approximate surface area is 150 Å². The zero-order chi connectivity index (χ0) is 18.4. The highest BCUT2D eigenvalue weighted by atomic mass is 35.5. The molecule has 7 heteroatoms. The van der Waals surface area contributed by atoms with Gasteiger partial charge < -0.3 is 5.11 Å². The molecule has 0 spiro atoms. The molecule has 0 bridgehead atoms. The minimum absolute atomic E-state index is 0.0143. The summed E-state index contributed by atoms with van der Waals surface area (Å²) in [4.78, 5) is 11.8. The number of carbonyl (C=O) groups is 1. The molecule has 1 fully saturated rings. The maximum atomic E-state index is 13.0. The van der Waals surface area contributed by atoms with Crippen LogP contribution >= 0.6 is 11.6 Å². The molecule has 1 N–H and O–H groups in total. The van der Waals surface area contributed by atoms with E-state index < -0.39 is 32.4 Å². The molecule has 1 saturated carbocycles. The smallest absolute Gasteiger partial charge is 0.326 e. The summed E-state index contributed by atoms with van der Waals surface area (Å²) in [5.74, 6) is -2.38. The Morgan fingerprint density at radius 3 is 2.20 bits per heavy atom. The van der Waals surface area contributed by atoms with E-state index >= 15 is 0 Å². The van der Waals surface area contributed by atoms with Crippen molar-refractivity contribution in [3.8, 4) is 6.07 Å². The quantitative estimate of drug-likeness (QED) is 0.885. The fourth-order valence-corrected chi connectivity index (χ4v) is 5.57. The van der Waals surface area contributed by atoms with Crippen LogP contribution in [0.5, 0.6) is 0 Å². The molecule has 5 nitrogen and oxygen atoms in total. The number of carboxylic acids is 1. The second kappa shape index (κ2) is 5.87. The molecule has 1 aliphatic carbocycles. The minimum atomic E-state index is -3.99. The molecular weight excluding hydrogens is 362 g/mol. The molecule has 2 aromatic carbocycles. The van der Waals surface area contributed by atoms with Crippen LogP contribution in [0.2, 0.25) is 5.02 Å². The zero-order valence-corrected chi connectivity index (χ0v) is 14.8. The second-order valence-corrected chi connectivity index (χ2v) is 8.60. The topological polar surface area (TPSA) is 95.2 Å². The van der Waals surface area contributed by atoms with Gasteiger partial charge in [-0.3, -0.25) is 4.79 Å². The van der Waals surface area contributed by atoms with Crippen LogP contribution in [0.4, 0.5) is 0 Å². The van der Waals surface area contributed by atoms with Crippen molar-refractivity contribution in [1.29, 1.82) is 5.26 Å². The summed E-state index contributed by atoms with van der Waals surface area (Å²) in [5.41, 5.74) is -0.653. The highest BCUT2D eigenvalue weighted by Crippen LogP contribution is 2.64. The van der Waals surface area contributed by atoms with Crippen LogP contribution in [0.1, 0.15) is 17.0 Å². The molecule has 0 amide bonds. The van der Waals surface area contributed by atoms with E-state index in [2.05, 4.69) is 0 Å². The molecule has 25 heavy (non-hydrogen) atoms. The first kappa shape index (κ1) is 17.5. The SMILES string of the molecule is Cc1ccc(S(=O)(=O)C2C(c3ccc(Cl)cc3)C2(C#N)C(=O)O)cc1. The molecule has 0 aliphatic heterocycles. The number of carboxylic acid groups (broad SMARTS) is 1. The van der Waals surface area contributed by atoms with E-state index in [1.165, 1.54) is 12.1 Å². The van der Waals surface area contributed by atoms with Crippen molar-refractivity contribution in [3.05, 3.63) is 64.7 Å². The molecule has 3 rings (SSSR count). The lowest BCUT2D eigenvalue weighted by atomic mass is 10.0. The van der Waals surface area contributed by atoms with Crippen molar-refractivity contribution in [2.45, 2.75) is 23.0 Å². The van der Waals surface area contributed by atoms with E-state index in [1.807, 2.05) is 6.92 Å². The molecular formula is C18H14ClNO4S. The average Bonchev–Trinajstić information content (AvgIpc) is 3.27. The molecule has 0 saturated heterocycles. The monoisotopic (exact) mass is 375 g/mol. The fraction of sp³-hybridized carbons (Fsp3) is 0.222. The van der Waals surface area contributed by atoms with E-state index in [4.69, 9.17) is 11.6 Å². The van der Waals surface area contributed by atoms with Gasteiger partial charge in [0.25, 0.3) is 0 Å². The lowest BCUT2D eigenvalue weighted by Crippen LogP contribution is -2.22.